The Morgan fingerprint density at radius 2 is 2.27 bits per heavy atom. The fourth-order valence-electron chi connectivity index (χ4n) is 2.44. The Morgan fingerprint density at radius 3 is 2.93 bits per heavy atom. The SMILES string of the molecule is CC1CCCCC1CNc1ccn(C)n1. The second-order valence-electron chi connectivity index (χ2n) is 4.78. The summed E-state index contributed by atoms with van der Waals surface area (Å²) in [4.78, 5) is 0. The van der Waals surface area contributed by atoms with Crippen LogP contribution in [0.15, 0.2) is 12.3 Å². The van der Waals surface area contributed by atoms with Gasteiger partial charge in [-0.1, -0.05) is 26.2 Å². The normalized spacial score (nSPS) is 26.5. The molecule has 3 heteroatoms. The molecule has 0 aliphatic heterocycles. The monoisotopic (exact) mass is 207 g/mol. The Bertz CT molecular complexity index is 306. The molecule has 15 heavy (non-hydrogen) atoms. The largest absolute Gasteiger partial charge is 0.368 e. The highest BCUT2D eigenvalue weighted by Crippen LogP contribution is 2.29. The predicted octanol–water partition coefficient (Wildman–Crippen LogP) is 2.66. The van der Waals surface area contributed by atoms with E-state index in [0.29, 0.717) is 0 Å². The molecule has 1 aliphatic carbocycles. The molecule has 1 heterocycles. The molecule has 1 aliphatic rings. The van der Waals surface area contributed by atoms with E-state index in [1.165, 1.54) is 25.7 Å². The van der Waals surface area contributed by atoms with Crippen LogP contribution in [-0.4, -0.2) is 16.3 Å². The highest BCUT2D eigenvalue weighted by atomic mass is 15.3. The van der Waals surface area contributed by atoms with Crippen LogP contribution in [0.1, 0.15) is 32.6 Å². The molecule has 1 aromatic heterocycles. The van der Waals surface area contributed by atoms with Crippen LogP contribution in [0.25, 0.3) is 0 Å². The van der Waals surface area contributed by atoms with E-state index in [4.69, 9.17) is 0 Å². The van der Waals surface area contributed by atoms with Crippen molar-refractivity contribution in [3.05, 3.63) is 12.3 Å². The van der Waals surface area contributed by atoms with Crippen molar-refractivity contribution in [2.45, 2.75) is 32.6 Å². The third kappa shape index (κ3) is 2.74. The van der Waals surface area contributed by atoms with Crippen molar-refractivity contribution in [1.82, 2.24) is 9.78 Å². The molecule has 1 aromatic rings. The van der Waals surface area contributed by atoms with Gasteiger partial charge in [0.15, 0.2) is 0 Å². The summed E-state index contributed by atoms with van der Waals surface area (Å²) in [6, 6.07) is 2.04. The van der Waals surface area contributed by atoms with E-state index >= 15 is 0 Å². The van der Waals surface area contributed by atoms with E-state index in [1.807, 2.05) is 24.0 Å². The lowest BCUT2D eigenvalue weighted by Crippen LogP contribution is -2.24. The van der Waals surface area contributed by atoms with Gasteiger partial charge in [0.2, 0.25) is 0 Å². The van der Waals surface area contributed by atoms with E-state index in [0.717, 1.165) is 24.2 Å². The van der Waals surface area contributed by atoms with Gasteiger partial charge in [-0.15, -0.1) is 0 Å². The number of hydrogen-bond donors (Lipinski definition) is 1. The molecule has 3 nitrogen and oxygen atoms in total. The zero-order valence-electron chi connectivity index (χ0n) is 9.74. The number of hydrogen-bond acceptors (Lipinski definition) is 2. The van der Waals surface area contributed by atoms with Crippen LogP contribution in [0.3, 0.4) is 0 Å². The summed E-state index contributed by atoms with van der Waals surface area (Å²) >= 11 is 0. The quantitative estimate of drug-likeness (QED) is 0.825. The van der Waals surface area contributed by atoms with Crippen molar-refractivity contribution in [3.8, 4) is 0 Å². The molecule has 2 atom stereocenters. The maximum absolute atomic E-state index is 4.33. The molecule has 0 radical (unpaired) electrons. The smallest absolute Gasteiger partial charge is 0.147 e. The lowest BCUT2D eigenvalue weighted by molar-refractivity contribution is 0.268. The van der Waals surface area contributed by atoms with Crippen LogP contribution in [0.2, 0.25) is 0 Å². The van der Waals surface area contributed by atoms with Gasteiger partial charge in [-0.25, -0.2) is 0 Å². The van der Waals surface area contributed by atoms with E-state index < -0.39 is 0 Å². The third-order valence-electron chi connectivity index (χ3n) is 3.55. The van der Waals surface area contributed by atoms with Crippen molar-refractivity contribution >= 4 is 5.82 Å². The Labute approximate surface area is 91.9 Å². The average molecular weight is 207 g/mol. The highest BCUT2D eigenvalue weighted by Gasteiger charge is 2.20. The van der Waals surface area contributed by atoms with Crippen molar-refractivity contribution < 1.29 is 0 Å². The maximum atomic E-state index is 4.33. The lowest BCUT2D eigenvalue weighted by atomic mass is 9.80. The molecule has 2 rings (SSSR count). The Morgan fingerprint density at radius 1 is 1.47 bits per heavy atom. The molecule has 0 saturated heterocycles. The molecule has 0 bridgehead atoms. The Hall–Kier alpha value is -0.990. The Kier molecular flexibility index (Phi) is 3.29. The second kappa shape index (κ2) is 4.69. The van der Waals surface area contributed by atoms with Crippen molar-refractivity contribution in [2.75, 3.05) is 11.9 Å². The van der Waals surface area contributed by atoms with Gasteiger partial charge in [-0.3, -0.25) is 4.68 Å². The van der Waals surface area contributed by atoms with Crippen LogP contribution in [0.5, 0.6) is 0 Å². The van der Waals surface area contributed by atoms with E-state index in [1.54, 1.807) is 0 Å². The van der Waals surface area contributed by atoms with Crippen LogP contribution in [0.4, 0.5) is 5.82 Å². The summed E-state index contributed by atoms with van der Waals surface area (Å²) in [7, 11) is 1.95. The number of rotatable bonds is 3. The van der Waals surface area contributed by atoms with Gasteiger partial charge in [0.25, 0.3) is 0 Å². The van der Waals surface area contributed by atoms with Gasteiger partial charge >= 0.3 is 0 Å². The fourth-order valence-corrected chi connectivity index (χ4v) is 2.44. The molecule has 0 spiro atoms. The van der Waals surface area contributed by atoms with Crippen LogP contribution >= 0.6 is 0 Å². The lowest BCUT2D eigenvalue weighted by Gasteiger charge is -2.28. The summed E-state index contributed by atoms with van der Waals surface area (Å²) in [5.41, 5.74) is 0. The number of nitrogens with zero attached hydrogens (tertiary/aromatic N) is 2. The molecule has 1 N–H and O–H groups in total. The molecule has 1 saturated carbocycles. The molecule has 2 unspecified atom stereocenters. The van der Waals surface area contributed by atoms with Crippen LogP contribution in [-0.2, 0) is 7.05 Å². The molecular formula is C12H21N3. The minimum Gasteiger partial charge on any atom is -0.368 e. The van der Waals surface area contributed by atoms with E-state index in [2.05, 4.69) is 17.3 Å². The summed E-state index contributed by atoms with van der Waals surface area (Å²) in [5.74, 6) is 2.71. The van der Waals surface area contributed by atoms with Crippen molar-refractivity contribution in [2.24, 2.45) is 18.9 Å². The third-order valence-corrected chi connectivity index (χ3v) is 3.55. The summed E-state index contributed by atoms with van der Waals surface area (Å²) in [5, 5.41) is 7.76. The minimum absolute atomic E-state index is 0.834. The number of aryl methyl sites for hydroxylation is 1. The first kappa shape index (κ1) is 10.5. The van der Waals surface area contributed by atoms with Crippen molar-refractivity contribution in [3.63, 3.8) is 0 Å². The molecule has 1 fully saturated rings. The first-order valence-electron chi connectivity index (χ1n) is 5.99. The standard InChI is InChI=1S/C12H21N3/c1-10-5-3-4-6-11(10)9-13-12-7-8-15(2)14-12/h7-8,10-11H,3-6,9H2,1-2H3,(H,13,14). The Balaban J connectivity index is 1.81. The molecule has 0 aromatic carbocycles. The van der Waals surface area contributed by atoms with E-state index in [-0.39, 0.29) is 0 Å². The van der Waals surface area contributed by atoms with Crippen LogP contribution < -0.4 is 5.32 Å². The first-order valence-corrected chi connectivity index (χ1v) is 5.99. The molecule has 0 amide bonds. The number of aromatic nitrogens is 2. The molecule has 84 valence electrons. The molecular weight excluding hydrogens is 186 g/mol. The maximum Gasteiger partial charge on any atom is 0.147 e. The highest BCUT2D eigenvalue weighted by molar-refractivity contribution is 5.31. The van der Waals surface area contributed by atoms with Gasteiger partial charge in [-0.05, 0) is 18.3 Å². The van der Waals surface area contributed by atoms with Gasteiger partial charge in [0, 0.05) is 25.9 Å². The zero-order chi connectivity index (χ0) is 10.7. The van der Waals surface area contributed by atoms with Gasteiger partial charge in [0.1, 0.15) is 5.82 Å². The summed E-state index contributed by atoms with van der Waals surface area (Å²) < 4.78 is 1.84. The first-order chi connectivity index (χ1) is 7.25. The topological polar surface area (TPSA) is 29.9 Å². The van der Waals surface area contributed by atoms with Gasteiger partial charge in [-0.2, -0.15) is 5.10 Å². The van der Waals surface area contributed by atoms with Gasteiger partial charge in [0.05, 0.1) is 0 Å². The zero-order valence-corrected chi connectivity index (χ0v) is 9.74. The second-order valence-corrected chi connectivity index (χ2v) is 4.78. The van der Waals surface area contributed by atoms with Crippen molar-refractivity contribution in [1.29, 1.82) is 0 Å². The summed E-state index contributed by atoms with van der Waals surface area (Å²) in [6.45, 7) is 3.46. The predicted molar refractivity (Wildman–Crippen MR) is 62.8 cm³/mol. The van der Waals surface area contributed by atoms with E-state index in [9.17, 15) is 0 Å². The summed E-state index contributed by atoms with van der Waals surface area (Å²) in [6.07, 6.45) is 7.57. The van der Waals surface area contributed by atoms with Gasteiger partial charge < -0.3 is 5.32 Å². The van der Waals surface area contributed by atoms with Crippen LogP contribution in [0, 0.1) is 11.8 Å². The average Bonchev–Trinajstić information content (AvgIpc) is 2.63. The minimum atomic E-state index is 0.834. The number of nitrogens with one attached hydrogen (secondary N) is 1. The fraction of sp³-hybridized carbons (Fsp3) is 0.750. The number of anilines is 1.